The number of carbonyl (C=O) groups excluding carboxylic acids is 4. The van der Waals surface area contributed by atoms with Gasteiger partial charge in [0.15, 0.2) is 0 Å². The third kappa shape index (κ3) is 6.52. The second kappa shape index (κ2) is 13.5. The fraction of sp³-hybridized carbons (Fsp3) is 0.500. The Morgan fingerprint density at radius 2 is 1.78 bits per heavy atom. The first-order valence-electron chi connectivity index (χ1n) is 17.2. The van der Waals surface area contributed by atoms with Crippen molar-refractivity contribution in [2.24, 2.45) is 16.2 Å². The highest BCUT2D eigenvalue weighted by molar-refractivity contribution is 6.31. The molecule has 3 N–H and O–H groups in total. The van der Waals surface area contributed by atoms with Gasteiger partial charge in [0.25, 0.3) is 5.91 Å². The number of piperidine rings is 2. The third-order valence-corrected chi connectivity index (χ3v) is 11.5. The first kappa shape index (κ1) is 35.6. The molecule has 12 heteroatoms. The lowest BCUT2D eigenvalue weighted by molar-refractivity contribution is -0.164. The van der Waals surface area contributed by atoms with Gasteiger partial charge in [0.05, 0.1) is 22.0 Å². The van der Waals surface area contributed by atoms with E-state index in [-0.39, 0.29) is 65.9 Å². The minimum absolute atomic E-state index is 0.143. The lowest BCUT2D eigenvalue weighted by Gasteiger charge is -2.63. The average Bonchev–Trinajstić information content (AvgIpc) is 3.31. The van der Waals surface area contributed by atoms with Crippen LogP contribution in [0.25, 0.3) is 6.08 Å². The summed E-state index contributed by atoms with van der Waals surface area (Å²) in [6.45, 7) is 10.3. The minimum atomic E-state index is -1.23. The van der Waals surface area contributed by atoms with Gasteiger partial charge in [-0.15, -0.1) is 0 Å². The summed E-state index contributed by atoms with van der Waals surface area (Å²) in [5.41, 5.74) is 0.429. The van der Waals surface area contributed by atoms with Crippen molar-refractivity contribution in [3.05, 3.63) is 70.3 Å². The van der Waals surface area contributed by atoms with Gasteiger partial charge in [-0.25, -0.2) is 0 Å². The summed E-state index contributed by atoms with van der Waals surface area (Å²) >= 11 is 6.22. The molecular weight excluding hydrogens is 658 g/mol. The topological polar surface area (TPSA) is 152 Å². The third-order valence-electron chi connectivity index (χ3n) is 11.2. The molecule has 2 atom stereocenters. The Kier molecular flexibility index (Phi) is 9.59. The molecule has 0 aromatic heterocycles. The molecule has 2 aromatic rings. The summed E-state index contributed by atoms with van der Waals surface area (Å²) in [4.78, 5) is 54.7. The van der Waals surface area contributed by atoms with Crippen molar-refractivity contribution >= 4 is 41.3 Å². The number of amides is 4. The summed E-state index contributed by atoms with van der Waals surface area (Å²) in [6, 6.07) is 13.7. The molecule has 2 aromatic carbocycles. The van der Waals surface area contributed by atoms with E-state index in [4.69, 9.17) is 21.6 Å². The summed E-state index contributed by atoms with van der Waals surface area (Å²) in [6.07, 6.45) is 4.35. The summed E-state index contributed by atoms with van der Waals surface area (Å²) in [5.74, 6) is -0.357. The van der Waals surface area contributed by atoms with E-state index in [9.17, 15) is 24.3 Å². The van der Waals surface area contributed by atoms with Gasteiger partial charge in [-0.1, -0.05) is 63.6 Å². The minimum Gasteiger partial charge on any atom is -0.489 e. The van der Waals surface area contributed by atoms with Crippen molar-refractivity contribution in [3.63, 3.8) is 0 Å². The standard InChI is InChI=1S/C38H44ClN5O6/c1-36(2)33(37(3,4)34(36)50-26-12-11-25(22-40)27(39)20-26)42-31(47)24-9-7-23(8-10-24)6-5-17-43-18-15-38(16-19-43)21-30(46)44(35(38)49)28-13-14-29(45)41-32(28)48/h5-12,20,28,32-34,48H,13-19,21H2,1-4H3,(H,41,45)(H,42,47)/b6-5+/t28?,32?,33-,34-. The molecule has 1 aliphatic carbocycles. The lowest BCUT2D eigenvalue weighted by atomic mass is 9.49. The number of benzene rings is 2. The second-order valence-corrected chi connectivity index (χ2v) is 15.7. The molecule has 6 rings (SSSR count). The van der Waals surface area contributed by atoms with Crippen molar-refractivity contribution in [2.75, 3.05) is 19.6 Å². The van der Waals surface area contributed by atoms with E-state index in [1.807, 2.05) is 30.3 Å². The second-order valence-electron chi connectivity index (χ2n) is 15.3. The van der Waals surface area contributed by atoms with Gasteiger partial charge in [-0.2, -0.15) is 5.26 Å². The highest BCUT2D eigenvalue weighted by atomic mass is 35.5. The maximum Gasteiger partial charge on any atom is 0.251 e. The highest BCUT2D eigenvalue weighted by Crippen LogP contribution is 2.55. The van der Waals surface area contributed by atoms with Crippen LogP contribution in [0.4, 0.5) is 0 Å². The smallest absolute Gasteiger partial charge is 0.251 e. The van der Waals surface area contributed by atoms with Crippen LogP contribution in [-0.2, 0) is 14.4 Å². The molecule has 0 bridgehead atoms. The summed E-state index contributed by atoms with van der Waals surface area (Å²) in [5, 5.41) is 25.5. The Hall–Kier alpha value is -4.24. The largest absolute Gasteiger partial charge is 0.489 e. The van der Waals surface area contributed by atoms with Crippen molar-refractivity contribution in [1.29, 1.82) is 5.26 Å². The number of carbonyl (C=O) groups is 4. The summed E-state index contributed by atoms with van der Waals surface area (Å²) in [7, 11) is 0. The fourth-order valence-electron chi connectivity index (χ4n) is 8.64. The van der Waals surface area contributed by atoms with Crippen LogP contribution < -0.4 is 15.4 Å². The molecular formula is C38H44ClN5O6. The number of imide groups is 1. The Labute approximate surface area is 297 Å². The summed E-state index contributed by atoms with van der Waals surface area (Å²) < 4.78 is 6.34. The number of hydrogen-bond donors (Lipinski definition) is 3. The molecule has 0 radical (unpaired) electrons. The molecule has 1 saturated carbocycles. The van der Waals surface area contributed by atoms with Crippen molar-refractivity contribution in [3.8, 4) is 11.8 Å². The molecule has 3 heterocycles. The van der Waals surface area contributed by atoms with Gasteiger partial charge in [-0.3, -0.25) is 29.0 Å². The predicted octanol–water partition coefficient (Wildman–Crippen LogP) is 4.27. The molecule has 4 aliphatic rings. The Morgan fingerprint density at radius 1 is 1.10 bits per heavy atom. The van der Waals surface area contributed by atoms with Gasteiger partial charge in [-0.05, 0) is 62.2 Å². The van der Waals surface area contributed by atoms with Crippen LogP contribution in [0.3, 0.4) is 0 Å². The van der Waals surface area contributed by atoms with Gasteiger partial charge < -0.3 is 20.5 Å². The highest BCUT2D eigenvalue weighted by Gasteiger charge is 2.64. The zero-order chi connectivity index (χ0) is 36.0. The lowest BCUT2D eigenvalue weighted by Crippen LogP contribution is -2.74. The number of aliphatic hydroxyl groups excluding tert-OH is 1. The molecule has 2 unspecified atom stereocenters. The van der Waals surface area contributed by atoms with Crippen molar-refractivity contribution in [1.82, 2.24) is 20.4 Å². The number of rotatable bonds is 8. The zero-order valence-electron chi connectivity index (χ0n) is 28.9. The van der Waals surface area contributed by atoms with Crippen molar-refractivity contribution < 1.29 is 29.0 Å². The number of nitriles is 1. The molecule has 264 valence electrons. The van der Waals surface area contributed by atoms with Crippen LogP contribution in [0.15, 0.2) is 48.5 Å². The molecule has 50 heavy (non-hydrogen) atoms. The van der Waals surface area contributed by atoms with E-state index in [0.717, 1.165) is 5.56 Å². The van der Waals surface area contributed by atoms with Gasteiger partial charge in [0, 0.05) is 47.9 Å². The van der Waals surface area contributed by atoms with Crippen LogP contribution >= 0.6 is 11.6 Å². The van der Waals surface area contributed by atoms with E-state index < -0.39 is 17.7 Å². The quantitative estimate of drug-likeness (QED) is 0.345. The van der Waals surface area contributed by atoms with E-state index in [2.05, 4.69) is 55.4 Å². The molecule has 3 aliphatic heterocycles. The van der Waals surface area contributed by atoms with Gasteiger partial charge >= 0.3 is 0 Å². The number of likely N-dealkylation sites (tertiary alicyclic amines) is 2. The van der Waals surface area contributed by atoms with E-state index in [1.54, 1.807) is 18.2 Å². The fourth-order valence-corrected chi connectivity index (χ4v) is 8.86. The van der Waals surface area contributed by atoms with E-state index in [0.29, 0.717) is 54.4 Å². The number of nitrogens with zero attached hydrogens (tertiary/aromatic N) is 3. The maximum absolute atomic E-state index is 13.5. The first-order chi connectivity index (χ1) is 23.7. The van der Waals surface area contributed by atoms with Crippen LogP contribution in [0, 0.1) is 27.6 Å². The number of hydrogen-bond acceptors (Lipinski definition) is 8. The number of ether oxygens (including phenoxy) is 1. The normalized spacial score (nSPS) is 27.1. The predicted molar refractivity (Wildman–Crippen MR) is 187 cm³/mol. The molecule has 4 amide bonds. The van der Waals surface area contributed by atoms with E-state index in [1.165, 1.54) is 4.90 Å². The van der Waals surface area contributed by atoms with Crippen LogP contribution in [0.5, 0.6) is 5.75 Å². The average molecular weight is 702 g/mol. The van der Waals surface area contributed by atoms with Crippen molar-refractivity contribution in [2.45, 2.75) is 84.2 Å². The van der Waals surface area contributed by atoms with E-state index >= 15 is 0 Å². The Morgan fingerprint density at radius 3 is 2.40 bits per heavy atom. The monoisotopic (exact) mass is 701 g/mol. The number of halogens is 1. The maximum atomic E-state index is 13.5. The van der Waals surface area contributed by atoms with Gasteiger partial charge in [0.1, 0.15) is 24.2 Å². The SMILES string of the molecule is CC1(C)[C@H](NC(=O)c2ccc(/C=C/CN3CCC4(CC3)CC(=O)N(C3CCC(=O)NC3O)C4=O)cc2)C(C)(C)[C@H]1Oc1ccc(C#N)c(Cl)c1. The number of aliphatic hydroxyl groups is 1. The Bertz CT molecular complexity index is 1740. The Balaban J connectivity index is 0.987. The molecule has 11 nitrogen and oxygen atoms in total. The molecule has 4 fully saturated rings. The van der Waals surface area contributed by atoms with Crippen LogP contribution in [0.1, 0.15) is 81.3 Å². The zero-order valence-corrected chi connectivity index (χ0v) is 29.6. The first-order valence-corrected chi connectivity index (χ1v) is 17.5. The number of nitrogens with one attached hydrogen (secondary N) is 2. The van der Waals surface area contributed by atoms with Gasteiger partial charge in [0.2, 0.25) is 17.7 Å². The van der Waals surface area contributed by atoms with Crippen LogP contribution in [0.2, 0.25) is 5.02 Å². The van der Waals surface area contributed by atoms with Crippen LogP contribution in [-0.4, -0.2) is 82.6 Å². The molecule has 1 spiro atoms. The molecule has 3 saturated heterocycles.